The minimum Gasteiger partial charge on any atom is -0.379 e. The van der Waals surface area contributed by atoms with E-state index in [1.807, 2.05) is 90.5 Å². The molecular formula is C35H27N3O3S. The van der Waals surface area contributed by atoms with E-state index >= 15 is 0 Å². The summed E-state index contributed by atoms with van der Waals surface area (Å²) in [6.07, 6.45) is 1.75. The van der Waals surface area contributed by atoms with Crippen LogP contribution in [0.3, 0.4) is 0 Å². The van der Waals surface area contributed by atoms with Crippen LogP contribution in [0, 0.1) is 6.92 Å². The standard InChI is InChI=1S/C35H27N3O3S/c1-26-17-23-32(24-18-26)42(39,40)41-31-21-19-27(20-22-31)25-36-35-33(28-11-5-2-6-12-28)34(29-13-7-3-8-14-29)37-38(35)30-15-9-4-10-16-30/h2-25H,1H3. The lowest BCUT2D eigenvalue weighted by molar-refractivity contribution is 0.486. The first kappa shape index (κ1) is 26.9. The fraction of sp³-hybridized carbons (Fsp3) is 0.0286. The molecule has 6 nitrogen and oxygen atoms in total. The van der Waals surface area contributed by atoms with Crippen molar-refractivity contribution < 1.29 is 12.6 Å². The summed E-state index contributed by atoms with van der Waals surface area (Å²) in [6, 6.07) is 43.4. The van der Waals surface area contributed by atoms with Gasteiger partial charge in [-0.3, -0.25) is 0 Å². The minimum absolute atomic E-state index is 0.107. The zero-order valence-electron chi connectivity index (χ0n) is 22.8. The summed E-state index contributed by atoms with van der Waals surface area (Å²) in [6.45, 7) is 1.90. The molecule has 0 saturated carbocycles. The molecule has 0 radical (unpaired) electrons. The van der Waals surface area contributed by atoms with Gasteiger partial charge in [-0.05, 0) is 66.6 Å². The molecule has 1 aromatic heterocycles. The van der Waals surface area contributed by atoms with Gasteiger partial charge in [0.05, 0.1) is 11.3 Å². The number of aliphatic imine (C=N–C) groups is 1. The fourth-order valence-corrected chi connectivity index (χ4v) is 5.50. The predicted molar refractivity (Wildman–Crippen MR) is 167 cm³/mol. The van der Waals surface area contributed by atoms with Crippen molar-refractivity contribution in [2.24, 2.45) is 4.99 Å². The Morgan fingerprint density at radius 2 is 1.26 bits per heavy atom. The second-order valence-corrected chi connectivity index (χ2v) is 11.3. The van der Waals surface area contributed by atoms with Crippen LogP contribution in [0.1, 0.15) is 11.1 Å². The van der Waals surface area contributed by atoms with Gasteiger partial charge < -0.3 is 4.18 Å². The largest absolute Gasteiger partial charge is 0.379 e. The Kier molecular flexibility index (Phi) is 7.49. The molecule has 0 fully saturated rings. The Balaban J connectivity index is 1.39. The van der Waals surface area contributed by atoms with Gasteiger partial charge in [-0.25, -0.2) is 9.67 Å². The van der Waals surface area contributed by atoms with Gasteiger partial charge in [-0.15, -0.1) is 0 Å². The lowest BCUT2D eigenvalue weighted by Gasteiger charge is -2.08. The summed E-state index contributed by atoms with van der Waals surface area (Å²) < 4.78 is 32.6. The van der Waals surface area contributed by atoms with E-state index in [0.717, 1.165) is 39.2 Å². The van der Waals surface area contributed by atoms with Crippen LogP contribution < -0.4 is 4.18 Å². The van der Waals surface area contributed by atoms with E-state index in [9.17, 15) is 8.42 Å². The normalized spacial score (nSPS) is 11.5. The highest BCUT2D eigenvalue weighted by Gasteiger charge is 2.21. The number of rotatable bonds is 8. The summed E-state index contributed by atoms with van der Waals surface area (Å²) in [5.74, 6) is 0.895. The first-order valence-corrected chi connectivity index (χ1v) is 14.8. The number of aromatic nitrogens is 2. The van der Waals surface area contributed by atoms with E-state index in [0.29, 0.717) is 5.82 Å². The number of para-hydroxylation sites is 1. The summed E-state index contributed by atoms with van der Waals surface area (Å²) >= 11 is 0. The number of nitrogens with zero attached hydrogens (tertiary/aromatic N) is 3. The zero-order chi connectivity index (χ0) is 28.9. The highest BCUT2D eigenvalue weighted by Crippen LogP contribution is 2.40. The quantitative estimate of drug-likeness (QED) is 0.137. The zero-order valence-corrected chi connectivity index (χ0v) is 23.6. The third kappa shape index (κ3) is 5.77. The van der Waals surface area contributed by atoms with Crippen molar-refractivity contribution in [1.29, 1.82) is 0 Å². The molecule has 0 amide bonds. The van der Waals surface area contributed by atoms with Gasteiger partial charge in [0.2, 0.25) is 0 Å². The van der Waals surface area contributed by atoms with Gasteiger partial charge in [0.1, 0.15) is 16.3 Å². The SMILES string of the molecule is Cc1ccc(S(=O)(=O)Oc2ccc(C=Nc3c(-c4ccccc4)c(-c4ccccc4)nn3-c3ccccc3)cc2)cc1. The van der Waals surface area contributed by atoms with Gasteiger partial charge in [-0.1, -0.05) is 96.6 Å². The predicted octanol–water partition coefficient (Wildman–Crippen LogP) is 8.03. The van der Waals surface area contributed by atoms with Crippen LogP contribution in [0.4, 0.5) is 5.82 Å². The van der Waals surface area contributed by atoms with Gasteiger partial charge in [0.25, 0.3) is 0 Å². The molecule has 0 saturated heterocycles. The van der Waals surface area contributed by atoms with Crippen molar-refractivity contribution in [3.63, 3.8) is 0 Å². The van der Waals surface area contributed by atoms with E-state index in [4.69, 9.17) is 14.3 Å². The van der Waals surface area contributed by atoms with Crippen LogP contribution in [0.5, 0.6) is 5.75 Å². The Labute approximate surface area is 245 Å². The van der Waals surface area contributed by atoms with E-state index in [2.05, 4.69) is 12.1 Å². The number of hydrogen-bond acceptors (Lipinski definition) is 5. The molecule has 0 aliphatic heterocycles. The molecular weight excluding hydrogens is 542 g/mol. The van der Waals surface area contributed by atoms with Gasteiger partial charge in [0, 0.05) is 11.8 Å². The van der Waals surface area contributed by atoms with Gasteiger partial charge in [-0.2, -0.15) is 13.5 Å². The third-order valence-electron chi connectivity index (χ3n) is 6.70. The van der Waals surface area contributed by atoms with Crippen LogP contribution in [-0.2, 0) is 10.1 Å². The minimum atomic E-state index is -3.94. The Bertz CT molecular complexity index is 1930. The fourth-order valence-electron chi connectivity index (χ4n) is 4.57. The monoisotopic (exact) mass is 569 g/mol. The van der Waals surface area contributed by atoms with E-state index < -0.39 is 10.1 Å². The molecule has 0 aliphatic carbocycles. The molecule has 42 heavy (non-hydrogen) atoms. The van der Waals surface area contributed by atoms with Gasteiger partial charge in [0.15, 0.2) is 5.82 Å². The maximum atomic E-state index is 12.7. The highest BCUT2D eigenvalue weighted by atomic mass is 32.2. The van der Waals surface area contributed by atoms with Crippen LogP contribution in [0.15, 0.2) is 149 Å². The van der Waals surface area contributed by atoms with Crippen molar-refractivity contribution >= 4 is 22.2 Å². The lowest BCUT2D eigenvalue weighted by atomic mass is 10.0. The number of benzene rings is 5. The maximum absolute atomic E-state index is 12.7. The summed E-state index contributed by atoms with van der Waals surface area (Å²) in [4.78, 5) is 5.06. The highest BCUT2D eigenvalue weighted by molar-refractivity contribution is 7.87. The molecule has 0 unspecified atom stereocenters. The Morgan fingerprint density at radius 3 is 1.88 bits per heavy atom. The molecule has 206 valence electrons. The molecule has 1 heterocycles. The van der Waals surface area contributed by atoms with Gasteiger partial charge >= 0.3 is 10.1 Å². The average molecular weight is 570 g/mol. The van der Waals surface area contributed by atoms with Crippen LogP contribution in [0.25, 0.3) is 28.1 Å². The first-order valence-electron chi connectivity index (χ1n) is 13.4. The van der Waals surface area contributed by atoms with Crippen LogP contribution in [-0.4, -0.2) is 24.4 Å². The Morgan fingerprint density at radius 1 is 0.690 bits per heavy atom. The maximum Gasteiger partial charge on any atom is 0.339 e. The van der Waals surface area contributed by atoms with Crippen molar-refractivity contribution in [2.75, 3.05) is 0 Å². The molecule has 5 aromatic carbocycles. The molecule has 7 heteroatoms. The van der Waals surface area contributed by atoms with E-state index in [1.54, 1.807) is 42.6 Å². The number of hydrogen-bond donors (Lipinski definition) is 0. The summed E-state index contributed by atoms with van der Waals surface area (Å²) in [5, 5.41) is 5.04. The molecule has 0 atom stereocenters. The van der Waals surface area contributed by atoms with Crippen molar-refractivity contribution in [3.05, 3.63) is 151 Å². The molecule has 0 bridgehead atoms. The second-order valence-electron chi connectivity index (χ2n) is 9.70. The average Bonchev–Trinajstić information content (AvgIpc) is 3.41. The van der Waals surface area contributed by atoms with Crippen molar-refractivity contribution in [3.8, 4) is 33.8 Å². The van der Waals surface area contributed by atoms with Crippen molar-refractivity contribution in [1.82, 2.24) is 9.78 Å². The second kappa shape index (κ2) is 11.7. The van der Waals surface area contributed by atoms with Crippen molar-refractivity contribution in [2.45, 2.75) is 11.8 Å². The topological polar surface area (TPSA) is 73.6 Å². The molecule has 6 rings (SSSR count). The van der Waals surface area contributed by atoms with Crippen LogP contribution >= 0.6 is 0 Å². The van der Waals surface area contributed by atoms with E-state index in [1.165, 1.54) is 12.1 Å². The lowest BCUT2D eigenvalue weighted by Crippen LogP contribution is -2.09. The first-order chi connectivity index (χ1) is 20.5. The summed E-state index contributed by atoms with van der Waals surface area (Å²) in [5.41, 5.74) is 6.34. The van der Waals surface area contributed by atoms with Crippen LogP contribution in [0.2, 0.25) is 0 Å². The molecule has 0 N–H and O–H groups in total. The molecule has 0 aliphatic rings. The smallest absolute Gasteiger partial charge is 0.339 e. The molecule has 0 spiro atoms. The number of aryl methyl sites for hydroxylation is 1. The molecule has 6 aromatic rings. The summed E-state index contributed by atoms with van der Waals surface area (Å²) in [7, 11) is -3.94. The van der Waals surface area contributed by atoms with E-state index in [-0.39, 0.29) is 10.6 Å². The third-order valence-corrected chi connectivity index (χ3v) is 7.96. The Hall–Kier alpha value is -5.27.